The van der Waals surface area contributed by atoms with Gasteiger partial charge in [-0.2, -0.15) is 26.3 Å². The monoisotopic (exact) mass is 568 g/mol. The normalized spacial score (nSPS) is 24.6. The molecule has 15 heteroatoms. The van der Waals surface area contributed by atoms with Gasteiger partial charge < -0.3 is 29.3 Å². The van der Waals surface area contributed by atoms with Gasteiger partial charge in [0.1, 0.15) is 0 Å². The molecule has 3 aliphatic rings. The highest BCUT2D eigenvalue weighted by Gasteiger charge is 2.43. The van der Waals surface area contributed by atoms with Crippen LogP contribution in [0, 0.1) is 5.92 Å². The summed E-state index contributed by atoms with van der Waals surface area (Å²) in [7, 11) is 0. The van der Waals surface area contributed by atoms with E-state index in [0.717, 1.165) is 65.3 Å². The molecule has 3 fully saturated rings. The van der Waals surface area contributed by atoms with E-state index in [9.17, 15) is 26.3 Å². The number of likely N-dealkylation sites (N-methyl/N-ethyl adjacent to an activating group) is 1. The van der Waals surface area contributed by atoms with Crippen molar-refractivity contribution in [2.45, 2.75) is 70.1 Å². The van der Waals surface area contributed by atoms with Crippen LogP contribution in [-0.2, 0) is 23.8 Å². The first-order chi connectivity index (χ1) is 17.7. The number of alkyl halides is 6. The van der Waals surface area contributed by atoms with Crippen LogP contribution in [0.5, 0.6) is 0 Å². The summed E-state index contributed by atoms with van der Waals surface area (Å²) < 4.78 is 81.4. The quantitative estimate of drug-likeness (QED) is 0.427. The predicted molar refractivity (Wildman–Crippen MR) is 123 cm³/mol. The van der Waals surface area contributed by atoms with E-state index in [2.05, 4.69) is 23.6 Å². The molecule has 0 aromatic heterocycles. The highest BCUT2D eigenvalue weighted by molar-refractivity contribution is 5.73. The number of carbonyl (C=O) groups is 2. The molecular formula is C23H38F6N2O7. The van der Waals surface area contributed by atoms with Gasteiger partial charge in [0.15, 0.2) is 0 Å². The zero-order chi connectivity index (χ0) is 28.9. The fraction of sp³-hybridized carbons (Fsp3) is 0.913. The van der Waals surface area contributed by atoms with Crippen molar-refractivity contribution < 1.29 is 60.4 Å². The summed E-state index contributed by atoms with van der Waals surface area (Å²) >= 11 is 0. The summed E-state index contributed by atoms with van der Waals surface area (Å²) in [5.41, 5.74) is 0. The first-order valence-corrected chi connectivity index (χ1v) is 12.6. The fourth-order valence-electron chi connectivity index (χ4n) is 4.43. The number of carboxylic acid groups (broad SMARTS) is 2. The van der Waals surface area contributed by atoms with Crippen molar-refractivity contribution in [1.82, 2.24) is 9.80 Å². The van der Waals surface area contributed by atoms with Crippen LogP contribution in [0.2, 0.25) is 0 Å². The molecule has 0 spiro atoms. The number of hydrogen-bond donors (Lipinski definition) is 2. The van der Waals surface area contributed by atoms with Gasteiger partial charge in [0.2, 0.25) is 0 Å². The number of rotatable bonds is 8. The first-order valence-electron chi connectivity index (χ1n) is 12.6. The van der Waals surface area contributed by atoms with Gasteiger partial charge in [-0.1, -0.05) is 13.8 Å². The lowest BCUT2D eigenvalue weighted by Gasteiger charge is -2.40. The molecule has 0 unspecified atom stereocenters. The van der Waals surface area contributed by atoms with E-state index in [4.69, 9.17) is 34.0 Å². The summed E-state index contributed by atoms with van der Waals surface area (Å²) in [6, 6.07) is 0.564. The summed E-state index contributed by atoms with van der Waals surface area (Å²) in [6.45, 7) is 13.8. The number of fused-ring (bicyclic) bond motifs is 1. The molecule has 0 amide bonds. The van der Waals surface area contributed by atoms with Crippen LogP contribution >= 0.6 is 0 Å². The van der Waals surface area contributed by atoms with E-state index >= 15 is 0 Å². The third kappa shape index (κ3) is 12.5. The van der Waals surface area contributed by atoms with E-state index < -0.39 is 24.3 Å². The molecule has 0 aromatic rings. The second-order valence-electron chi connectivity index (χ2n) is 9.08. The number of morpholine rings is 1. The topological polar surface area (TPSA) is 109 Å². The van der Waals surface area contributed by atoms with E-state index in [1.165, 1.54) is 19.5 Å². The van der Waals surface area contributed by atoms with E-state index in [-0.39, 0.29) is 6.10 Å². The van der Waals surface area contributed by atoms with Crippen LogP contribution in [0.15, 0.2) is 0 Å². The lowest BCUT2D eigenvalue weighted by Crippen LogP contribution is -2.53. The highest BCUT2D eigenvalue weighted by Crippen LogP contribution is 2.32. The van der Waals surface area contributed by atoms with Gasteiger partial charge >= 0.3 is 24.3 Å². The van der Waals surface area contributed by atoms with Gasteiger partial charge in [-0.15, -0.1) is 0 Å². The number of nitrogens with zero attached hydrogens (tertiary/aromatic N) is 2. The summed E-state index contributed by atoms with van der Waals surface area (Å²) in [6.07, 6.45) is -4.90. The second-order valence-corrected chi connectivity index (χ2v) is 9.08. The molecule has 0 radical (unpaired) electrons. The molecule has 38 heavy (non-hydrogen) atoms. The predicted octanol–water partition coefficient (Wildman–Crippen LogP) is 3.27. The second kappa shape index (κ2) is 16.4. The third-order valence-electron chi connectivity index (χ3n) is 6.62. The van der Waals surface area contributed by atoms with Crippen molar-refractivity contribution in [1.29, 1.82) is 0 Å². The molecule has 3 rings (SSSR count). The van der Waals surface area contributed by atoms with Crippen molar-refractivity contribution in [3.05, 3.63) is 0 Å². The summed E-state index contributed by atoms with van der Waals surface area (Å²) in [5.74, 6) is -4.83. The van der Waals surface area contributed by atoms with Crippen LogP contribution in [0.1, 0.15) is 39.5 Å². The molecule has 2 aliphatic heterocycles. The third-order valence-corrected chi connectivity index (χ3v) is 6.62. The maximum absolute atomic E-state index is 10.6. The van der Waals surface area contributed by atoms with Crippen LogP contribution < -0.4 is 0 Å². The van der Waals surface area contributed by atoms with Crippen LogP contribution in [0.4, 0.5) is 26.3 Å². The highest BCUT2D eigenvalue weighted by atomic mass is 19.4. The van der Waals surface area contributed by atoms with Crippen LogP contribution in [-0.4, -0.2) is 122 Å². The largest absolute Gasteiger partial charge is 0.490 e. The minimum absolute atomic E-state index is 0.287. The average molecular weight is 569 g/mol. The summed E-state index contributed by atoms with van der Waals surface area (Å²) in [5, 5.41) is 14.2. The van der Waals surface area contributed by atoms with Crippen molar-refractivity contribution in [2.75, 3.05) is 59.2 Å². The van der Waals surface area contributed by atoms with E-state index in [0.29, 0.717) is 18.1 Å². The van der Waals surface area contributed by atoms with Crippen molar-refractivity contribution in [3.8, 4) is 0 Å². The number of halogens is 6. The SMILES string of the molecule is CCN(CC)CCN1CCO[C@H]2[C@H](OCC3CCOCC3)CC[C@@H]21.O=C(O)C(F)(F)F.O=C(O)C(F)(F)F. The Balaban J connectivity index is 0.000000426. The van der Waals surface area contributed by atoms with Gasteiger partial charge in [-0.3, -0.25) is 4.90 Å². The number of hydrogen-bond acceptors (Lipinski definition) is 7. The number of ether oxygens (including phenoxy) is 3. The Bertz CT molecular complexity index is 677. The maximum Gasteiger partial charge on any atom is 0.490 e. The van der Waals surface area contributed by atoms with E-state index in [1.807, 2.05) is 0 Å². The standard InChI is InChI=1S/C19H36N2O3.2C2HF3O2/c1-3-20(4-2)9-10-21-11-14-23-19-17(21)5-6-18(19)24-15-16-7-12-22-13-8-16;2*3-2(4,5)1(6)7/h16-19H,3-15H2,1-2H3;2*(H,6,7)/t17-,18+,19+;;/m0../s1. The smallest absolute Gasteiger partial charge is 0.475 e. The molecule has 0 aromatic carbocycles. The first kappa shape index (κ1) is 34.3. The lowest BCUT2D eigenvalue weighted by atomic mass is 10.0. The van der Waals surface area contributed by atoms with Gasteiger partial charge in [-0.05, 0) is 44.7 Å². The molecule has 224 valence electrons. The van der Waals surface area contributed by atoms with Gasteiger partial charge in [0, 0.05) is 38.9 Å². The van der Waals surface area contributed by atoms with Crippen LogP contribution in [0.25, 0.3) is 0 Å². The van der Waals surface area contributed by atoms with Crippen molar-refractivity contribution in [3.63, 3.8) is 0 Å². The zero-order valence-corrected chi connectivity index (χ0v) is 21.6. The summed E-state index contributed by atoms with van der Waals surface area (Å²) in [4.78, 5) is 23.0. The van der Waals surface area contributed by atoms with Gasteiger partial charge in [0.05, 0.1) is 25.4 Å². The molecule has 2 N–H and O–H groups in total. The molecule has 2 heterocycles. The fourth-order valence-corrected chi connectivity index (χ4v) is 4.43. The minimum atomic E-state index is -5.08. The van der Waals surface area contributed by atoms with Crippen molar-refractivity contribution in [2.24, 2.45) is 5.92 Å². The maximum atomic E-state index is 10.6. The van der Waals surface area contributed by atoms with Crippen molar-refractivity contribution >= 4 is 11.9 Å². The molecule has 1 aliphatic carbocycles. The minimum Gasteiger partial charge on any atom is -0.475 e. The Kier molecular flexibility index (Phi) is 14.9. The Labute approximate surface area is 218 Å². The van der Waals surface area contributed by atoms with E-state index in [1.54, 1.807) is 0 Å². The Morgan fingerprint density at radius 2 is 1.45 bits per heavy atom. The van der Waals surface area contributed by atoms with Gasteiger partial charge in [-0.25, -0.2) is 9.59 Å². The Hall–Kier alpha value is -1.68. The Morgan fingerprint density at radius 3 is 1.92 bits per heavy atom. The Morgan fingerprint density at radius 1 is 0.921 bits per heavy atom. The zero-order valence-electron chi connectivity index (χ0n) is 21.6. The molecule has 1 saturated carbocycles. The number of aliphatic carboxylic acids is 2. The van der Waals surface area contributed by atoms with Crippen LogP contribution in [0.3, 0.4) is 0 Å². The average Bonchev–Trinajstić information content (AvgIpc) is 3.27. The molecule has 9 nitrogen and oxygen atoms in total. The molecule has 0 bridgehead atoms. The van der Waals surface area contributed by atoms with Gasteiger partial charge in [0.25, 0.3) is 0 Å². The lowest BCUT2D eigenvalue weighted by molar-refractivity contribution is -0.193. The molecular weight excluding hydrogens is 530 g/mol. The molecule has 2 saturated heterocycles. The number of carboxylic acids is 2. The molecule has 3 atom stereocenters.